The zero-order chi connectivity index (χ0) is 21.1. The fourth-order valence-corrected chi connectivity index (χ4v) is 3.34. The predicted molar refractivity (Wildman–Crippen MR) is 117 cm³/mol. The van der Waals surface area contributed by atoms with Crippen molar-refractivity contribution in [3.63, 3.8) is 0 Å². The second-order valence-electron chi connectivity index (χ2n) is 6.65. The standard InChI is InChI=1S/C22H17F3N4S/c23-22(24,25)16-9-6-10-17(13-16)26-21(30)28-20-27-18-11-4-5-12-19(18)29(20)14-15-7-2-1-3-8-15/h1-13H,14H2,(H2,26,27,28,30). The van der Waals surface area contributed by atoms with E-state index >= 15 is 0 Å². The number of rotatable bonds is 4. The summed E-state index contributed by atoms with van der Waals surface area (Å²) in [6.07, 6.45) is -4.42. The molecule has 0 unspecified atom stereocenters. The van der Waals surface area contributed by atoms with Gasteiger partial charge in [-0.1, -0.05) is 48.5 Å². The number of hydrogen-bond donors (Lipinski definition) is 2. The molecule has 0 radical (unpaired) electrons. The second-order valence-corrected chi connectivity index (χ2v) is 7.06. The van der Waals surface area contributed by atoms with Crippen LogP contribution in [-0.2, 0) is 12.7 Å². The number of alkyl halides is 3. The molecule has 2 N–H and O–H groups in total. The van der Waals surface area contributed by atoms with Crippen molar-refractivity contribution in [3.05, 3.63) is 90.0 Å². The highest BCUT2D eigenvalue weighted by Gasteiger charge is 2.30. The predicted octanol–water partition coefficient (Wildman–Crippen LogP) is 5.91. The van der Waals surface area contributed by atoms with Gasteiger partial charge in [-0.25, -0.2) is 4.98 Å². The third kappa shape index (κ3) is 4.44. The minimum Gasteiger partial charge on any atom is -0.332 e. The zero-order valence-corrected chi connectivity index (χ0v) is 16.5. The summed E-state index contributed by atoms with van der Waals surface area (Å²) in [5, 5.41) is 5.97. The summed E-state index contributed by atoms with van der Waals surface area (Å²) in [5.41, 5.74) is 2.30. The number of imidazole rings is 1. The number of aromatic nitrogens is 2. The van der Waals surface area contributed by atoms with E-state index in [1.165, 1.54) is 12.1 Å². The summed E-state index contributed by atoms with van der Waals surface area (Å²) in [6, 6.07) is 22.4. The highest BCUT2D eigenvalue weighted by atomic mass is 32.1. The van der Waals surface area contributed by atoms with E-state index in [0.717, 1.165) is 28.7 Å². The summed E-state index contributed by atoms with van der Waals surface area (Å²) in [7, 11) is 0. The van der Waals surface area contributed by atoms with Gasteiger partial charge in [-0.05, 0) is 48.1 Å². The number of benzene rings is 3. The smallest absolute Gasteiger partial charge is 0.332 e. The lowest BCUT2D eigenvalue weighted by atomic mass is 10.2. The Kier molecular flexibility index (Phi) is 5.41. The van der Waals surface area contributed by atoms with Crippen LogP contribution in [0.3, 0.4) is 0 Å². The van der Waals surface area contributed by atoms with Crippen LogP contribution in [0.4, 0.5) is 24.8 Å². The first-order valence-corrected chi connectivity index (χ1v) is 9.55. The van der Waals surface area contributed by atoms with E-state index in [-0.39, 0.29) is 10.8 Å². The van der Waals surface area contributed by atoms with Crippen LogP contribution in [0.25, 0.3) is 11.0 Å². The Bertz CT molecular complexity index is 1190. The van der Waals surface area contributed by atoms with Gasteiger partial charge in [0.05, 0.1) is 23.1 Å². The minimum absolute atomic E-state index is 0.152. The number of para-hydroxylation sites is 2. The molecular formula is C22H17F3N4S. The van der Waals surface area contributed by atoms with E-state index in [9.17, 15) is 13.2 Å². The van der Waals surface area contributed by atoms with Crippen LogP contribution in [0.15, 0.2) is 78.9 Å². The van der Waals surface area contributed by atoms with Crippen LogP contribution < -0.4 is 10.6 Å². The maximum Gasteiger partial charge on any atom is 0.416 e. The Morgan fingerprint density at radius 1 is 0.900 bits per heavy atom. The number of thiocarbonyl (C=S) groups is 1. The summed E-state index contributed by atoms with van der Waals surface area (Å²) in [6.45, 7) is 0.565. The molecule has 1 aromatic heterocycles. The van der Waals surface area contributed by atoms with E-state index in [0.29, 0.717) is 12.5 Å². The fourth-order valence-electron chi connectivity index (χ4n) is 3.13. The molecule has 30 heavy (non-hydrogen) atoms. The molecule has 0 amide bonds. The zero-order valence-electron chi connectivity index (χ0n) is 15.6. The monoisotopic (exact) mass is 426 g/mol. The van der Waals surface area contributed by atoms with E-state index < -0.39 is 11.7 Å². The number of hydrogen-bond acceptors (Lipinski definition) is 2. The molecule has 0 aliphatic rings. The van der Waals surface area contributed by atoms with Gasteiger partial charge in [0.1, 0.15) is 0 Å². The van der Waals surface area contributed by atoms with Crippen molar-refractivity contribution in [1.82, 2.24) is 9.55 Å². The van der Waals surface area contributed by atoms with Crippen molar-refractivity contribution < 1.29 is 13.2 Å². The van der Waals surface area contributed by atoms with E-state index in [4.69, 9.17) is 12.2 Å². The number of fused-ring (bicyclic) bond motifs is 1. The first kappa shape index (κ1) is 19.9. The maximum absolute atomic E-state index is 12.9. The van der Waals surface area contributed by atoms with Crippen LogP contribution in [0.1, 0.15) is 11.1 Å². The number of nitrogens with one attached hydrogen (secondary N) is 2. The Morgan fingerprint density at radius 3 is 2.40 bits per heavy atom. The summed E-state index contributed by atoms with van der Waals surface area (Å²) >= 11 is 5.33. The van der Waals surface area contributed by atoms with Gasteiger partial charge in [0, 0.05) is 5.69 Å². The van der Waals surface area contributed by atoms with E-state index in [1.54, 1.807) is 0 Å². The average Bonchev–Trinajstić information content (AvgIpc) is 3.05. The first-order chi connectivity index (χ1) is 14.4. The van der Waals surface area contributed by atoms with Crippen molar-refractivity contribution in [2.75, 3.05) is 10.6 Å². The Balaban J connectivity index is 1.59. The lowest BCUT2D eigenvalue weighted by Gasteiger charge is -2.14. The molecule has 0 spiro atoms. The molecule has 0 aliphatic heterocycles. The number of anilines is 2. The molecule has 0 fully saturated rings. The summed E-state index contributed by atoms with van der Waals surface area (Å²) < 4.78 is 40.8. The van der Waals surface area contributed by atoms with Crippen LogP contribution in [0, 0.1) is 0 Å². The minimum atomic E-state index is -4.42. The lowest BCUT2D eigenvalue weighted by Crippen LogP contribution is -2.22. The van der Waals surface area contributed by atoms with Crippen molar-refractivity contribution >= 4 is 40.0 Å². The molecule has 0 saturated carbocycles. The lowest BCUT2D eigenvalue weighted by molar-refractivity contribution is -0.137. The normalized spacial score (nSPS) is 11.4. The van der Waals surface area contributed by atoms with Gasteiger partial charge in [0.25, 0.3) is 0 Å². The molecule has 0 saturated heterocycles. The largest absolute Gasteiger partial charge is 0.416 e. The molecule has 8 heteroatoms. The van der Waals surface area contributed by atoms with Gasteiger partial charge in [0.15, 0.2) is 5.11 Å². The Hall–Kier alpha value is -3.39. The first-order valence-electron chi connectivity index (χ1n) is 9.14. The van der Waals surface area contributed by atoms with Gasteiger partial charge < -0.3 is 15.2 Å². The highest BCUT2D eigenvalue weighted by molar-refractivity contribution is 7.80. The Labute approximate surface area is 176 Å². The molecule has 4 rings (SSSR count). The second kappa shape index (κ2) is 8.16. The van der Waals surface area contributed by atoms with E-state index in [2.05, 4.69) is 15.6 Å². The number of halogens is 3. The van der Waals surface area contributed by atoms with Gasteiger partial charge in [0.2, 0.25) is 5.95 Å². The van der Waals surface area contributed by atoms with Gasteiger partial charge in [-0.15, -0.1) is 0 Å². The van der Waals surface area contributed by atoms with Gasteiger partial charge in [-0.3, -0.25) is 0 Å². The molecule has 1 heterocycles. The molecule has 0 bridgehead atoms. The van der Waals surface area contributed by atoms with Crippen molar-refractivity contribution in [1.29, 1.82) is 0 Å². The van der Waals surface area contributed by atoms with Crippen molar-refractivity contribution in [2.45, 2.75) is 12.7 Å². The van der Waals surface area contributed by atoms with E-state index in [1.807, 2.05) is 59.2 Å². The molecule has 152 valence electrons. The maximum atomic E-state index is 12.9. The molecule has 0 atom stereocenters. The fraction of sp³-hybridized carbons (Fsp3) is 0.0909. The van der Waals surface area contributed by atoms with Gasteiger partial charge >= 0.3 is 6.18 Å². The highest BCUT2D eigenvalue weighted by Crippen LogP contribution is 2.30. The van der Waals surface area contributed by atoms with Crippen LogP contribution in [0.5, 0.6) is 0 Å². The van der Waals surface area contributed by atoms with Crippen LogP contribution >= 0.6 is 12.2 Å². The summed E-state index contributed by atoms with van der Waals surface area (Å²) in [4.78, 5) is 4.59. The topological polar surface area (TPSA) is 41.9 Å². The van der Waals surface area contributed by atoms with Crippen molar-refractivity contribution in [2.24, 2.45) is 0 Å². The van der Waals surface area contributed by atoms with Crippen LogP contribution in [-0.4, -0.2) is 14.7 Å². The quantitative estimate of drug-likeness (QED) is 0.398. The Morgan fingerprint density at radius 2 is 1.63 bits per heavy atom. The third-order valence-corrected chi connectivity index (χ3v) is 4.72. The van der Waals surface area contributed by atoms with Crippen molar-refractivity contribution in [3.8, 4) is 0 Å². The molecule has 0 aliphatic carbocycles. The average molecular weight is 426 g/mol. The molecule has 4 nitrogen and oxygen atoms in total. The SMILES string of the molecule is FC(F)(F)c1cccc(NC(=S)Nc2nc3ccccc3n2Cc2ccccc2)c1. The molecular weight excluding hydrogens is 409 g/mol. The van der Waals surface area contributed by atoms with Gasteiger partial charge in [-0.2, -0.15) is 13.2 Å². The summed E-state index contributed by atoms with van der Waals surface area (Å²) in [5.74, 6) is 0.504. The number of nitrogens with zero attached hydrogens (tertiary/aromatic N) is 2. The third-order valence-electron chi connectivity index (χ3n) is 4.51. The molecule has 4 aromatic rings. The van der Waals surface area contributed by atoms with Crippen LogP contribution in [0.2, 0.25) is 0 Å². The molecule has 3 aromatic carbocycles.